The van der Waals surface area contributed by atoms with Crippen molar-refractivity contribution in [2.75, 3.05) is 32.7 Å². The molecule has 1 atom stereocenters. The molecule has 0 aromatic heterocycles. The first-order valence-electron chi connectivity index (χ1n) is 6.78. The van der Waals surface area contributed by atoms with Crippen LogP contribution in [0.5, 0.6) is 0 Å². The zero-order chi connectivity index (χ0) is 15.8. The number of hydrogen-bond acceptors (Lipinski definition) is 5. The Bertz CT molecular complexity index is 236. The Morgan fingerprint density at radius 3 is 2.24 bits per heavy atom. The minimum absolute atomic E-state index is 0.401. The van der Waals surface area contributed by atoms with Crippen molar-refractivity contribution in [2.45, 2.75) is 27.3 Å². The molecular formula is C11H26N4O2Se4. The first kappa shape index (κ1) is 22.4. The Morgan fingerprint density at radius 1 is 1.14 bits per heavy atom. The maximum absolute atomic E-state index is 10.7. The molecule has 0 saturated carbocycles. The molecule has 0 aliphatic carbocycles. The molecule has 6 nitrogen and oxygen atoms in total. The molecule has 1 heterocycles. The van der Waals surface area contributed by atoms with Crippen LogP contribution in [0.15, 0.2) is 0 Å². The molecule has 1 fully saturated rings. The average molecular weight is 562 g/mol. The zero-order valence-electron chi connectivity index (χ0n) is 12.1. The number of carboxylic acids is 1. The zero-order valence-corrected chi connectivity index (χ0v) is 18.9. The first-order chi connectivity index (χ1) is 10.2. The second-order valence-electron chi connectivity index (χ2n) is 3.91. The van der Waals surface area contributed by atoms with Gasteiger partial charge in [0.25, 0.3) is 0 Å². The number of carbonyl (C=O) groups is 1. The van der Waals surface area contributed by atoms with Gasteiger partial charge >= 0.3 is 151 Å². The molecule has 7 N–H and O–H groups in total. The van der Waals surface area contributed by atoms with Crippen molar-refractivity contribution in [1.82, 2.24) is 10.6 Å². The van der Waals surface area contributed by atoms with Crippen LogP contribution in [0, 0.1) is 0 Å². The number of aliphatic carboxylic acids is 1. The Kier molecular flexibility index (Phi) is 18.9. The van der Waals surface area contributed by atoms with Crippen molar-refractivity contribution < 1.29 is 9.90 Å². The van der Waals surface area contributed by atoms with Crippen LogP contribution in [-0.2, 0) is 4.79 Å². The van der Waals surface area contributed by atoms with Crippen LogP contribution in [0.4, 0.5) is 0 Å². The van der Waals surface area contributed by atoms with Crippen molar-refractivity contribution in [3.8, 4) is 0 Å². The van der Waals surface area contributed by atoms with Gasteiger partial charge in [-0.05, 0) is 0 Å². The average Bonchev–Trinajstić information content (AvgIpc) is 2.49. The van der Waals surface area contributed by atoms with Crippen molar-refractivity contribution in [3.63, 3.8) is 0 Å². The summed E-state index contributed by atoms with van der Waals surface area (Å²) in [5.41, 5.74) is 10.6. The normalized spacial score (nSPS) is 20.2. The molecule has 1 aliphatic heterocycles. The molecule has 0 aromatic carbocycles. The van der Waals surface area contributed by atoms with E-state index >= 15 is 0 Å². The van der Waals surface area contributed by atoms with Crippen LogP contribution in [0.25, 0.3) is 0 Å². The monoisotopic (exact) mass is 566 g/mol. The number of rotatable bonds is 6. The van der Waals surface area contributed by atoms with Gasteiger partial charge in [0.1, 0.15) is 0 Å². The van der Waals surface area contributed by atoms with E-state index in [0.29, 0.717) is 6.54 Å². The summed E-state index contributed by atoms with van der Waals surface area (Å²) in [5.74, 6) is -0.744. The molecule has 0 radical (unpaired) electrons. The summed E-state index contributed by atoms with van der Waals surface area (Å²) in [6.07, 6.45) is 0. The third kappa shape index (κ3) is 16.0. The summed E-state index contributed by atoms with van der Waals surface area (Å²) < 4.78 is 0. The molecule has 1 saturated heterocycles. The Balaban J connectivity index is 0.000000433. The fraction of sp³-hybridized carbons (Fsp3) is 0.909. The van der Waals surface area contributed by atoms with Gasteiger partial charge in [0.2, 0.25) is 0 Å². The van der Waals surface area contributed by atoms with Crippen LogP contribution >= 0.6 is 0 Å². The standard InChI is InChI=1S/C7H14N2O2Se2.C4H12N2Se2/c10-7(11)6-5-8-1-3-12-13-4-2-9-6;5-1-3-7-8-4-2-6/h6,8-9H,1-5H2,(H,10,11);1-6H2. The molecule has 1 rings (SSSR count). The van der Waals surface area contributed by atoms with Gasteiger partial charge in [-0.1, -0.05) is 0 Å². The fourth-order valence-electron chi connectivity index (χ4n) is 1.21. The number of nitrogens with one attached hydrogen (secondary N) is 2. The molecule has 10 heteroatoms. The number of carboxylic acid groups (broad SMARTS) is 1. The fourth-order valence-corrected chi connectivity index (χ4v) is 12.6. The number of nitrogens with two attached hydrogens (primary N) is 2. The summed E-state index contributed by atoms with van der Waals surface area (Å²) in [6.45, 7) is 4.13. The predicted octanol–water partition coefficient (Wildman–Crippen LogP) is -2.14. The molecule has 0 bridgehead atoms. The minimum atomic E-state index is -0.744. The van der Waals surface area contributed by atoms with Crippen LogP contribution in [0.3, 0.4) is 0 Å². The molecule has 21 heavy (non-hydrogen) atoms. The topological polar surface area (TPSA) is 113 Å². The van der Waals surface area contributed by atoms with Crippen molar-refractivity contribution >= 4 is 58.5 Å². The Morgan fingerprint density at radius 2 is 1.71 bits per heavy atom. The van der Waals surface area contributed by atoms with E-state index in [1.807, 2.05) is 0 Å². The van der Waals surface area contributed by atoms with E-state index in [1.54, 1.807) is 0 Å². The van der Waals surface area contributed by atoms with E-state index in [-0.39, 0.29) is 0 Å². The third-order valence-corrected chi connectivity index (χ3v) is 17.0. The van der Waals surface area contributed by atoms with Gasteiger partial charge in [-0.25, -0.2) is 0 Å². The molecular weight excluding hydrogens is 536 g/mol. The molecule has 1 unspecified atom stereocenters. The van der Waals surface area contributed by atoms with Gasteiger partial charge in [-0.2, -0.15) is 0 Å². The maximum atomic E-state index is 10.7. The molecule has 126 valence electrons. The summed E-state index contributed by atoms with van der Waals surface area (Å²) in [4.78, 5) is 10.7. The summed E-state index contributed by atoms with van der Waals surface area (Å²) in [6, 6.07) is -0.401. The van der Waals surface area contributed by atoms with E-state index in [1.165, 1.54) is 21.3 Å². The SMILES string of the molecule is NCC[Se][Se]CCN.O=C(O)C1CNCC[Se][Se]CCN1. The van der Waals surface area contributed by atoms with Crippen LogP contribution in [0.2, 0.25) is 21.3 Å². The first-order valence-corrected chi connectivity index (χ1v) is 20.3. The van der Waals surface area contributed by atoms with Crippen LogP contribution < -0.4 is 22.1 Å². The van der Waals surface area contributed by atoms with Gasteiger partial charge in [0.05, 0.1) is 0 Å². The van der Waals surface area contributed by atoms with Crippen LogP contribution in [0.1, 0.15) is 0 Å². The summed E-state index contributed by atoms with van der Waals surface area (Å²) in [5, 5.41) is 20.0. The van der Waals surface area contributed by atoms with E-state index in [4.69, 9.17) is 16.6 Å². The van der Waals surface area contributed by atoms with E-state index in [2.05, 4.69) is 10.6 Å². The van der Waals surface area contributed by atoms with E-state index < -0.39 is 12.0 Å². The second-order valence-corrected chi connectivity index (χ2v) is 19.6. The van der Waals surface area contributed by atoms with Crippen molar-refractivity contribution in [1.29, 1.82) is 0 Å². The molecule has 0 spiro atoms. The van der Waals surface area contributed by atoms with Crippen LogP contribution in [-0.4, -0.2) is 102 Å². The second kappa shape index (κ2) is 17.7. The van der Waals surface area contributed by atoms with E-state index in [0.717, 1.165) is 78.7 Å². The predicted molar refractivity (Wildman–Crippen MR) is 92.6 cm³/mol. The van der Waals surface area contributed by atoms with Gasteiger partial charge in [-0.3, -0.25) is 0 Å². The van der Waals surface area contributed by atoms with Gasteiger partial charge in [-0.15, -0.1) is 0 Å². The Hall–Kier alpha value is 1.39. The molecule has 0 amide bonds. The molecule has 1 aliphatic rings. The van der Waals surface area contributed by atoms with E-state index in [9.17, 15) is 4.79 Å². The van der Waals surface area contributed by atoms with Gasteiger partial charge in [0.15, 0.2) is 0 Å². The Labute approximate surface area is 149 Å². The molecule has 0 aromatic rings. The summed E-state index contributed by atoms with van der Waals surface area (Å²) >= 11 is 3.22. The third-order valence-electron chi connectivity index (χ3n) is 2.15. The van der Waals surface area contributed by atoms with Crippen molar-refractivity contribution in [3.05, 3.63) is 0 Å². The summed E-state index contributed by atoms with van der Waals surface area (Å²) in [7, 11) is 0. The van der Waals surface area contributed by atoms with Crippen molar-refractivity contribution in [2.24, 2.45) is 11.5 Å². The van der Waals surface area contributed by atoms with Gasteiger partial charge < -0.3 is 0 Å². The van der Waals surface area contributed by atoms with Gasteiger partial charge in [0, 0.05) is 0 Å². The number of hydrogen-bond donors (Lipinski definition) is 5. The quantitative estimate of drug-likeness (QED) is 0.187.